The van der Waals surface area contributed by atoms with E-state index in [-0.39, 0.29) is 6.54 Å². The molecule has 0 aromatic rings. The Morgan fingerprint density at radius 1 is 1.19 bits per heavy atom. The number of hydrogen-bond acceptors (Lipinski definition) is 7. The van der Waals surface area contributed by atoms with E-state index < -0.39 is 60.3 Å². The number of carbonyl (C=O) groups is 5. The number of amides is 3. The number of carboxylic acid groups (broad SMARTS) is 2. The van der Waals surface area contributed by atoms with Crippen LogP contribution in [0.3, 0.4) is 0 Å². The lowest BCUT2D eigenvalue weighted by molar-refractivity contribution is -0.146. The third kappa shape index (κ3) is 6.18. The Hall–Kier alpha value is -2.73. The van der Waals surface area contributed by atoms with E-state index in [2.05, 4.69) is 5.32 Å². The maximum atomic E-state index is 12.4. The van der Waals surface area contributed by atoms with Crippen LogP contribution in [0.1, 0.15) is 26.2 Å². The Balaban J connectivity index is 2.88. The maximum Gasteiger partial charge on any atom is 0.328 e. The van der Waals surface area contributed by atoms with Crippen LogP contribution in [-0.2, 0) is 24.0 Å². The third-order valence-corrected chi connectivity index (χ3v) is 4.11. The van der Waals surface area contributed by atoms with E-state index in [0.29, 0.717) is 19.4 Å². The number of carbonyl (C=O) groups excluding carboxylic acids is 3. The van der Waals surface area contributed by atoms with Gasteiger partial charge in [0.1, 0.15) is 12.1 Å². The van der Waals surface area contributed by atoms with Gasteiger partial charge in [0.05, 0.1) is 19.1 Å². The van der Waals surface area contributed by atoms with Crippen molar-refractivity contribution in [2.24, 2.45) is 5.73 Å². The number of likely N-dealkylation sites (tertiary alicyclic amines) is 1. The van der Waals surface area contributed by atoms with E-state index in [1.807, 2.05) is 5.32 Å². The second kappa shape index (κ2) is 9.83. The highest BCUT2D eigenvalue weighted by molar-refractivity contribution is 5.95. The molecule has 0 bridgehead atoms. The molecule has 0 spiro atoms. The van der Waals surface area contributed by atoms with Crippen LogP contribution in [0.4, 0.5) is 0 Å². The highest BCUT2D eigenvalue weighted by atomic mass is 16.4. The topological polar surface area (TPSA) is 199 Å². The van der Waals surface area contributed by atoms with Gasteiger partial charge in [-0.05, 0) is 19.8 Å². The lowest BCUT2D eigenvalue weighted by Crippen LogP contribution is -2.57. The van der Waals surface area contributed by atoms with Crippen molar-refractivity contribution < 1.29 is 39.3 Å². The van der Waals surface area contributed by atoms with Crippen LogP contribution in [0.15, 0.2) is 0 Å². The van der Waals surface area contributed by atoms with Crippen molar-refractivity contribution in [1.29, 1.82) is 0 Å². The Morgan fingerprint density at radius 2 is 1.81 bits per heavy atom. The quantitative estimate of drug-likeness (QED) is 0.236. The van der Waals surface area contributed by atoms with Crippen LogP contribution in [-0.4, -0.2) is 87.2 Å². The standard InChI is InChI=1S/C15H24N4O8/c1-7(20)12(15(26)27)18-13(24)8(5-11(22)23)17-14(25)9-3-2-4-19(9)10(21)6-16/h7-9,12,20H,2-6,16H2,1H3,(H,17,25)(H,18,24)(H,22,23)(H,26,27). The van der Waals surface area contributed by atoms with Gasteiger partial charge in [-0.15, -0.1) is 0 Å². The average Bonchev–Trinajstić information content (AvgIpc) is 3.06. The van der Waals surface area contributed by atoms with Crippen molar-refractivity contribution in [2.45, 2.75) is 50.4 Å². The summed E-state index contributed by atoms with van der Waals surface area (Å²) < 4.78 is 0. The smallest absolute Gasteiger partial charge is 0.328 e. The van der Waals surface area contributed by atoms with Gasteiger partial charge in [-0.2, -0.15) is 0 Å². The largest absolute Gasteiger partial charge is 0.481 e. The number of nitrogens with zero attached hydrogens (tertiary/aromatic N) is 1. The molecule has 0 aromatic carbocycles. The summed E-state index contributed by atoms with van der Waals surface area (Å²) in [5.74, 6) is -5.18. The Kier molecular flexibility index (Phi) is 8.12. The van der Waals surface area contributed by atoms with Crippen molar-refractivity contribution in [2.75, 3.05) is 13.1 Å². The minimum atomic E-state index is -1.67. The molecule has 3 amide bonds. The molecule has 0 radical (unpaired) electrons. The average molecular weight is 388 g/mol. The molecule has 1 fully saturated rings. The van der Waals surface area contributed by atoms with E-state index >= 15 is 0 Å². The summed E-state index contributed by atoms with van der Waals surface area (Å²) in [6, 6.07) is -4.14. The monoisotopic (exact) mass is 388 g/mol. The molecular weight excluding hydrogens is 364 g/mol. The molecule has 4 atom stereocenters. The molecule has 12 heteroatoms. The van der Waals surface area contributed by atoms with Crippen LogP contribution < -0.4 is 16.4 Å². The van der Waals surface area contributed by atoms with Gasteiger partial charge < -0.3 is 36.6 Å². The zero-order valence-electron chi connectivity index (χ0n) is 14.8. The molecule has 1 aliphatic rings. The summed E-state index contributed by atoms with van der Waals surface area (Å²) in [6.07, 6.45) is -1.38. The predicted octanol–water partition coefficient (Wildman–Crippen LogP) is -3.15. The molecule has 27 heavy (non-hydrogen) atoms. The Morgan fingerprint density at radius 3 is 2.30 bits per heavy atom. The number of carboxylic acids is 2. The zero-order valence-corrected chi connectivity index (χ0v) is 14.8. The molecule has 4 unspecified atom stereocenters. The Labute approximate surface area is 154 Å². The number of hydrogen-bond donors (Lipinski definition) is 6. The van der Waals surface area contributed by atoms with Crippen LogP contribution in [0.25, 0.3) is 0 Å². The van der Waals surface area contributed by atoms with Gasteiger partial charge in [0.2, 0.25) is 17.7 Å². The van der Waals surface area contributed by atoms with Gasteiger partial charge in [0.15, 0.2) is 6.04 Å². The van der Waals surface area contributed by atoms with Crippen LogP contribution in [0.5, 0.6) is 0 Å². The zero-order chi connectivity index (χ0) is 20.7. The molecule has 0 aliphatic carbocycles. The fourth-order valence-electron chi connectivity index (χ4n) is 2.75. The summed E-state index contributed by atoms with van der Waals surface area (Å²) in [5, 5.41) is 31.6. The van der Waals surface area contributed by atoms with Crippen molar-refractivity contribution in [1.82, 2.24) is 15.5 Å². The van der Waals surface area contributed by atoms with Crippen LogP contribution in [0.2, 0.25) is 0 Å². The van der Waals surface area contributed by atoms with Gasteiger partial charge in [-0.25, -0.2) is 4.79 Å². The van der Waals surface area contributed by atoms with Crippen molar-refractivity contribution >= 4 is 29.7 Å². The van der Waals surface area contributed by atoms with Gasteiger partial charge in [-0.3, -0.25) is 19.2 Å². The number of nitrogens with one attached hydrogen (secondary N) is 2. The van der Waals surface area contributed by atoms with E-state index in [1.165, 1.54) is 4.90 Å². The number of nitrogens with two attached hydrogens (primary N) is 1. The molecular formula is C15H24N4O8. The van der Waals surface area contributed by atoms with E-state index in [0.717, 1.165) is 6.92 Å². The minimum Gasteiger partial charge on any atom is -0.481 e. The SMILES string of the molecule is CC(O)C(NC(=O)C(CC(=O)O)NC(=O)C1CCCN1C(=O)CN)C(=O)O. The van der Waals surface area contributed by atoms with Crippen LogP contribution >= 0.6 is 0 Å². The summed E-state index contributed by atoms with van der Waals surface area (Å²) in [5.41, 5.74) is 5.30. The van der Waals surface area contributed by atoms with E-state index in [1.54, 1.807) is 0 Å². The van der Waals surface area contributed by atoms with E-state index in [4.69, 9.17) is 15.9 Å². The van der Waals surface area contributed by atoms with Gasteiger partial charge in [0, 0.05) is 6.54 Å². The molecule has 152 valence electrons. The van der Waals surface area contributed by atoms with Crippen molar-refractivity contribution in [3.63, 3.8) is 0 Å². The van der Waals surface area contributed by atoms with Crippen molar-refractivity contribution in [3.8, 4) is 0 Å². The minimum absolute atomic E-state index is 0.294. The Bertz CT molecular complexity index is 609. The first-order valence-corrected chi connectivity index (χ1v) is 8.31. The molecule has 1 heterocycles. The number of rotatable bonds is 9. The highest BCUT2D eigenvalue weighted by Crippen LogP contribution is 2.17. The van der Waals surface area contributed by atoms with Crippen molar-refractivity contribution in [3.05, 3.63) is 0 Å². The first-order valence-electron chi connectivity index (χ1n) is 8.31. The number of aliphatic hydroxyl groups excluding tert-OH is 1. The first kappa shape index (κ1) is 22.3. The normalized spacial score (nSPS) is 19.7. The summed E-state index contributed by atoms with van der Waals surface area (Å²) in [4.78, 5) is 59.8. The fourth-order valence-corrected chi connectivity index (χ4v) is 2.75. The lowest BCUT2D eigenvalue weighted by atomic mass is 10.1. The molecule has 1 aliphatic heterocycles. The molecule has 1 rings (SSSR count). The summed E-state index contributed by atoms with van der Waals surface area (Å²) in [6.45, 7) is 1.16. The van der Waals surface area contributed by atoms with Gasteiger partial charge >= 0.3 is 11.9 Å². The molecule has 1 saturated heterocycles. The molecule has 0 saturated carbocycles. The highest BCUT2D eigenvalue weighted by Gasteiger charge is 2.36. The lowest BCUT2D eigenvalue weighted by Gasteiger charge is -2.26. The molecule has 7 N–H and O–H groups in total. The molecule has 0 aromatic heterocycles. The second-order valence-electron chi connectivity index (χ2n) is 6.17. The fraction of sp³-hybridized carbons (Fsp3) is 0.667. The second-order valence-corrected chi connectivity index (χ2v) is 6.17. The first-order chi connectivity index (χ1) is 12.6. The number of aliphatic carboxylic acids is 2. The maximum absolute atomic E-state index is 12.4. The van der Waals surface area contributed by atoms with Gasteiger partial charge in [0.25, 0.3) is 0 Å². The van der Waals surface area contributed by atoms with Crippen LogP contribution in [0, 0.1) is 0 Å². The summed E-state index contributed by atoms with van der Waals surface area (Å²) in [7, 11) is 0. The van der Waals surface area contributed by atoms with E-state index in [9.17, 15) is 29.1 Å². The predicted molar refractivity (Wildman–Crippen MR) is 89.2 cm³/mol. The number of aliphatic hydroxyl groups is 1. The molecule has 12 nitrogen and oxygen atoms in total. The summed E-state index contributed by atoms with van der Waals surface area (Å²) >= 11 is 0. The third-order valence-electron chi connectivity index (χ3n) is 4.11. The van der Waals surface area contributed by atoms with Gasteiger partial charge in [-0.1, -0.05) is 0 Å².